The van der Waals surface area contributed by atoms with Gasteiger partial charge in [-0.2, -0.15) is 0 Å². The average molecular weight is 638 g/mol. The highest BCUT2D eigenvalue weighted by molar-refractivity contribution is 7.07. The Labute approximate surface area is 277 Å². The number of aromatic amines is 1. The molecular formula is C40H35N3O3S. The number of carbonyl (C=O) groups is 1. The number of hydrogen-bond donors (Lipinski definition) is 1. The minimum atomic E-state index is -0.720. The summed E-state index contributed by atoms with van der Waals surface area (Å²) in [6.45, 7) is 8.36. The SMILES string of the molecule is CCOC(=O)C1=C(c2ccccc2)N=c2s/c(=C\c3c(-c4ccccc4)[nH]c4c(C)cccc34)c(=O)n2[C@@H]1c1ccc(C(C)C)cc1. The van der Waals surface area contributed by atoms with Crippen LogP contribution in [-0.4, -0.2) is 22.1 Å². The minimum Gasteiger partial charge on any atom is -0.463 e. The largest absolute Gasteiger partial charge is 0.463 e. The van der Waals surface area contributed by atoms with Gasteiger partial charge in [-0.25, -0.2) is 9.79 Å². The third kappa shape index (κ3) is 5.47. The number of H-pyrrole nitrogens is 1. The summed E-state index contributed by atoms with van der Waals surface area (Å²) in [7, 11) is 0. The first-order valence-corrected chi connectivity index (χ1v) is 16.7. The van der Waals surface area contributed by atoms with Crippen LogP contribution in [0.15, 0.2) is 118 Å². The van der Waals surface area contributed by atoms with Crippen LogP contribution < -0.4 is 14.9 Å². The fraction of sp³-hybridized carbons (Fsp3) is 0.175. The van der Waals surface area contributed by atoms with Crippen molar-refractivity contribution in [1.29, 1.82) is 0 Å². The van der Waals surface area contributed by atoms with Crippen LogP contribution >= 0.6 is 11.3 Å². The average Bonchev–Trinajstić information content (AvgIpc) is 3.62. The van der Waals surface area contributed by atoms with E-state index >= 15 is 0 Å². The van der Waals surface area contributed by atoms with Gasteiger partial charge in [0.2, 0.25) is 0 Å². The molecule has 7 heteroatoms. The first-order chi connectivity index (χ1) is 22.9. The molecule has 7 rings (SSSR count). The van der Waals surface area contributed by atoms with E-state index in [1.54, 1.807) is 11.5 Å². The summed E-state index contributed by atoms with van der Waals surface area (Å²) in [5.74, 6) is -0.148. The maximum atomic E-state index is 14.6. The third-order valence-electron chi connectivity index (χ3n) is 8.71. The van der Waals surface area contributed by atoms with Gasteiger partial charge in [-0.1, -0.05) is 128 Å². The molecule has 2 aromatic heterocycles. The Morgan fingerprint density at radius 1 is 0.936 bits per heavy atom. The molecule has 6 aromatic rings. The molecule has 0 spiro atoms. The molecule has 0 saturated heterocycles. The molecule has 1 N–H and O–H groups in total. The van der Waals surface area contributed by atoms with Gasteiger partial charge >= 0.3 is 5.97 Å². The summed E-state index contributed by atoms with van der Waals surface area (Å²) in [6, 6.07) is 33.5. The molecule has 0 bridgehead atoms. The molecular weight excluding hydrogens is 603 g/mol. The number of nitrogens with one attached hydrogen (secondary N) is 1. The number of rotatable bonds is 7. The molecule has 0 amide bonds. The highest BCUT2D eigenvalue weighted by Gasteiger charge is 2.35. The van der Waals surface area contributed by atoms with Crippen LogP contribution in [-0.2, 0) is 9.53 Å². The molecule has 47 heavy (non-hydrogen) atoms. The molecule has 6 nitrogen and oxygen atoms in total. The summed E-state index contributed by atoms with van der Waals surface area (Å²) >= 11 is 1.34. The minimum absolute atomic E-state index is 0.204. The highest BCUT2D eigenvalue weighted by Crippen LogP contribution is 2.36. The Morgan fingerprint density at radius 2 is 1.62 bits per heavy atom. The Hall–Kier alpha value is -5.27. The van der Waals surface area contributed by atoms with Crippen LogP contribution in [0.25, 0.3) is 33.9 Å². The molecule has 0 fully saturated rings. The lowest BCUT2D eigenvalue weighted by atomic mass is 9.91. The number of hydrogen-bond acceptors (Lipinski definition) is 5. The van der Waals surface area contributed by atoms with Crippen LogP contribution in [0, 0.1) is 6.92 Å². The van der Waals surface area contributed by atoms with Gasteiger partial charge in [0.1, 0.15) is 0 Å². The molecule has 1 atom stereocenters. The van der Waals surface area contributed by atoms with Crippen molar-refractivity contribution in [2.75, 3.05) is 6.61 Å². The molecule has 234 valence electrons. The van der Waals surface area contributed by atoms with Crippen LogP contribution in [0.5, 0.6) is 0 Å². The van der Waals surface area contributed by atoms with Crippen LogP contribution in [0.1, 0.15) is 60.5 Å². The van der Waals surface area contributed by atoms with Gasteiger partial charge in [0, 0.05) is 22.0 Å². The molecule has 1 aliphatic heterocycles. The quantitative estimate of drug-likeness (QED) is 0.184. The number of ether oxygens (including phenoxy) is 1. The normalized spacial score (nSPS) is 14.8. The van der Waals surface area contributed by atoms with Gasteiger partial charge in [-0.15, -0.1) is 0 Å². The monoisotopic (exact) mass is 637 g/mol. The summed E-state index contributed by atoms with van der Waals surface area (Å²) in [5.41, 5.74) is 8.50. The molecule has 3 heterocycles. The number of benzene rings is 4. The number of thiazole rings is 1. The predicted molar refractivity (Wildman–Crippen MR) is 190 cm³/mol. The number of esters is 1. The lowest BCUT2D eigenvalue weighted by Crippen LogP contribution is -2.40. The Morgan fingerprint density at radius 3 is 2.28 bits per heavy atom. The molecule has 0 radical (unpaired) electrons. The van der Waals surface area contributed by atoms with Crippen LogP contribution in [0.3, 0.4) is 0 Å². The summed E-state index contributed by atoms with van der Waals surface area (Å²) in [4.78, 5) is 37.6. The summed E-state index contributed by atoms with van der Waals surface area (Å²) < 4.78 is 7.84. The van der Waals surface area contributed by atoms with E-state index in [1.165, 1.54) is 16.9 Å². The summed E-state index contributed by atoms with van der Waals surface area (Å²) in [5, 5.41) is 1.03. The molecule has 4 aromatic carbocycles. The molecule has 0 aliphatic carbocycles. The van der Waals surface area contributed by atoms with Crippen LogP contribution in [0.2, 0.25) is 0 Å². The molecule has 1 aliphatic rings. The zero-order chi connectivity index (χ0) is 32.7. The zero-order valence-corrected chi connectivity index (χ0v) is 27.6. The lowest BCUT2D eigenvalue weighted by Gasteiger charge is -2.26. The van der Waals surface area contributed by atoms with Gasteiger partial charge in [-0.3, -0.25) is 9.36 Å². The van der Waals surface area contributed by atoms with E-state index in [1.807, 2.05) is 72.8 Å². The van der Waals surface area contributed by atoms with Gasteiger partial charge in [-0.05, 0) is 48.1 Å². The van der Waals surface area contributed by atoms with Crippen molar-refractivity contribution >= 4 is 40.0 Å². The first-order valence-electron chi connectivity index (χ1n) is 15.9. The highest BCUT2D eigenvalue weighted by atomic mass is 32.1. The van der Waals surface area contributed by atoms with Crippen LogP contribution in [0.4, 0.5) is 0 Å². The van der Waals surface area contributed by atoms with Gasteiger partial charge in [0.15, 0.2) is 4.80 Å². The van der Waals surface area contributed by atoms with E-state index in [0.29, 0.717) is 26.5 Å². The van der Waals surface area contributed by atoms with Crippen molar-refractivity contribution in [2.24, 2.45) is 4.99 Å². The van der Waals surface area contributed by atoms with E-state index in [4.69, 9.17) is 9.73 Å². The van der Waals surface area contributed by atoms with Crippen molar-refractivity contribution in [3.8, 4) is 11.3 Å². The van der Waals surface area contributed by atoms with Gasteiger partial charge < -0.3 is 9.72 Å². The van der Waals surface area contributed by atoms with Gasteiger partial charge in [0.25, 0.3) is 5.56 Å². The number of carbonyl (C=O) groups excluding carboxylic acids is 1. The van der Waals surface area contributed by atoms with E-state index in [-0.39, 0.29) is 12.2 Å². The van der Waals surface area contributed by atoms with E-state index in [9.17, 15) is 9.59 Å². The maximum absolute atomic E-state index is 14.6. The number of para-hydroxylation sites is 1. The lowest BCUT2D eigenvalue weighted by molar-refractivity contribution is -0.138. The van der Waals surface area contributed by atoms with Crippen molar-refractivity contribution < 1.29 is 9.53 Å². The fourth-order valence-corrected chi connectivity index (χ4v) is 7.30. The Bertz CT molecular complexity index is 2330. The second-order valence-corrected chi connectivity index (χ2v) is 13.0. The van der Waals surface area contributed by atoms with Crippen molar-refractivity contribution in [3.63, 3.8) is 0 Å². The van der Waals surface area contributed by atoms with E-state index < -0.39 is 12.0 Å². The number of aromatic nitrogens is 2. The zero-order valence-electron chi connectivity index (χ0n) is 26.8. The molecule has 0 unspecified atom stereocenters. The standard InChI is InChI=1S/C40H35N3O3S/c1-5-46-39(45)33-36(28-16-10-7-11-17-28)42-40-43(37(33)29-21-19-26(20-22-29)24(2)3)38(44)32(47-40)23-31-30-18-12-13-25(4)34(30)41-35(31)27-14-8-6-9-15-27/h6-24,37,41H,5H2,1-4H3/b32-23-/t37-/m1/s1. The number of nitrogens with zero attached hydrogens (tertiary/aromatic N) is 2. The first kappa shape index (κ1) is 30.4. The number of aryl methyl sites for hydroxylation is 1. The van der Waals surface area contributed by atoms with E-state index in [0.717, 1.165) is 44.4 Å². The Kier molecular flexibility index (Phi) is 8.08. The summed E-state index contributed by atoms with van der Waals surface area (Å²) in [6.07, 6.45) is 1.97. The second-order valence-electron chi connectivity index (χ2n) is 12.0. The topological polar surface area (TPSA) is 76.4 Å². The predicted octanol–water partition coefficient (Wildman–Crippen LogP) is 7.52. The molecule has 0 saturated carbocycles. The fourth-order valence-electron chi connectivity index (χ4n) is 6.32. The van der Waals surface area contributed by atoms with E-state index in [2.05, 4.69) is 62.2 Å². The van der Waals surface area contributed by atoms with Crippen molar-refractivity contribution in [2.45, 2.75) is 39.7 Å². The maximum Gasteiger partial charge on any atom is 0.338 e. The van der Waals surface area contributed by atoms with Crippen molar-refractivity contribution in [1.82, 2.24) is 9.55 Å². The number of fused-ring (bicyclic) bond motifs is 2. The third-order valence-corrected chi connectivity index (χ3v) is 9.70. The second kappa shape index (κ2) is 12.5. The smallest absolute Gasteiger partial charge is 0.338 e. The van der Waals surface area contributed by atoms with Gasteiger partial charge in [0.05, 0.1) is 34.1 Å². The Balaban J connectivity index is 1.53. The van der Waals surface area contributed by atoms with Crippen molar-refractivity contribution in [3.05, 3.63) is 156 Å².